The van der Waals surface area contributed by atoms with Crippen LogP contribution in [-0.4, -0.2) is 40.2 Å². The molecule has 1 unspecified atom stereocenters. The molecule has 1 atom stereocenters. The molecule has 2 heterocycles. The van der Waals surface area contributed by atoms with Gasteiger partial charge < -0.3 is 9.64 Å². The van der Waals surface area contributed by atoms with Gasteiger partial charge in [0.25, 0.3) is 5.91 Å². The van der Waals surface area contributed by atoms with Gasteiger partial charge in [0.1, 0.15) is 6.10 Å². The molecule has 0 aliphatic carbocycles. The zero-order valence-electron chi connectivity index (χ0n) is 12.8. The van der Waals surface area contributed by atoms with Crippen molar-refractivity contribution in [3.8, 4) is 5.88 Å². The highest BCUT2D eigenvalue weighted by Gasteiger charge is 2.28. The van der Waals surface area contributed by atoms with Crippen LogP contribution in [0.5, 0.6) is 5.88 Å². The molecule has 2 aromatic rings. The largest absolute Gasteiger partial charge is 0.471 e. The van der Waals surface area contributed by atoms with Gasteiger partial charge in [0.15, 0.2) is 0 Å². The standard InChI is InChI=1S/C17H19N3O2/c1-12-4-3-5-14(10-12)17(21)20-9-8-15(11-20)22-16-7-6-13(2)18-19-16/h3-7,10,15H,8-9,11H2,1-2H3. The molecular formula is C17H19N3O2. The predicted octanol–water partition coefficient (Wildman–Crippen LogP) is 2.39. The Kier molecular flexibility index (Phi) is 4.04. The molecule has 3 rings (SSSR count). The second-order valence-corrected chi connectivity index (χ2v) is 5.66. The highest BCUT2D eigenvalue weighted by Crippen LogP contribution is 2.18. The van der Waals surface area contributed by atoms with Crippen LogP contribution in [0, 0.1) is 13.8 Å². The monoisotopic (exact) mass is 297 g/mol. The molecule has 1 saturated heterocycles. The van der Waals surface area contributed by atoms with Crippen molar-refractivity contribution in [1.29, 1.82) is 0 Å². The molecule has 114 valence electrons. The summed E-state index contributed by atoms with van der Waals surface area (Å²) < 4.78 is 5.80. The molecule has 0 spiro atoms. The Hall–Kier alpha value is -2.43. The number of aromatic nitrogens is 2. The molecule has 0 N–H and O–H groups in total. The van der Waals surface area contributed by atoms with E-state index in [2.05, 4.69) is 10.2 Å². The minimum absolute atomic E-state index is 0.0224. The highest BCUT2D eigenvalue weighted by atomic mass is 16.5. The fourth-order valence-corrected chi connectivity index (χ4v) is 2.59. The first kappa shape index (κ1) is 14.5. The zero-order valence-corrected chi connectivity index (χ0v) is 12.8. The lowest BCUT2D eigenvalue weighted by Crippen LogP contribution is -2.31. The number of amides is 1. The third-order valence-electron chi connectivity index (χ3n) is 3.76. The summed E-state index contributed by atoms with van der Waals surface area (Å²) in [6.45, 7) is 5.16. The normalized spacial score (nSPS) is 17.5. The van der Waals surface area contributed by atoms with Gasteiger partial charge in [-0.3, -0.25) is 4.79 Å². The molecule has 0 saturated carbocycles. The zero-order chi connectivity index (χ0) is 15.5. The summed E-state index contributed by atoms with van der Waals surface area (Å²) >= 11 is 0. The predicted molar refractivity (Wildman–Crippen MR) is 82.9 cm³/mol. The average molecular weight is 297 g/mol. The van der Waals surface area contributed by atoms with Crippen molar-refractivity contribution < 1.29 is 9.53 Å². The van der Waals surface area contributed by atoms with E-state index < -0.39 is 0 Å². The molecule has 5 heteroatoms. The Balaban J connectivity index is 1.62. The lowest BCUT2D eigenvalue weighted by atomic mass is 10.1. The Bertz CT molecular complexity index is 670. The van der Waals surface area contributed by atoms with E-state index in [0.29, 0.717) is 19.0 Å². The van der Waals surface area contributed by atoms with Crippen molar-refractivity contribution in [3.05, 3.63) is 53.2 Å². The van der Waals surface area contributed by atoms with Crippen LogP contribution >= 0.6 is 0 Å². The summed E-state index contributed by atoms with van der Waals surface area (Å²) in [6, 6.07) is 11.4. The molecule has 0 radical (unpaired) electrons. The number of ether oxygens (including phenoxy) is 1. The molecule has 5 nitrogen and oxygen atoms in total. The smallest absolute Gasteiger partial charge is 0.253 e. The molecule has 1 aliphatic rings. The number of hydrogen-bond acceptors (Lipinski definition) is 4. The van der Waals surface area contributed by atoms with Gasteiger partial charge in [-0.1, -0.05) is 17.7 Å². The minimum Gasteiger partial charge on any atom is -0.471 e. The molecule has 1 fully saturated rings. The van der Waals surface area contributed by atoms with Crippen LogP contribution in [0.3, 0.4) is 0 Å². The quantitative estimate of drug-likeness (QED) is 0.873. The van der Waals surface area contributed by atoms with Crippen LogP contribution in [0.2, 0.25) is 0 Å². The van der Waals surface area contributed by atoms with E-state index in [9.17, 15) is 4.79 Å². The van der Waals surface area contributed by atoms with Crippen LogP contribution in [-0.2, 0) is 0 Å². The maximum atomic E-state index is 12.5. The summed E-state index contributed by atoms with van der Waals surface area (Å²) in [7, 11) is 0. The molecule has 1 aromatic carbocycles. The summed E-state index contributed by atoms with van der Waals surface area (Å²) in [5, 5.41) is 7.98. The Labute approximate surface area is 129 Å². The van der Waals surface area contributed by atoms with Gasteiger partial charge in [0, 0.05) is 24.6 Å². The molecule has 22 heavy (non-hydrogen) atoms. The van der Waals surface area contributed by atoms with Gasteiger partial charge in [0.2, 0.25) is 5.88 Å². The van der Waals surface area contributed by atoms with Crippen molar-refractivity contribution in [3.63, 3.8) is 0 Å². The first-order valence-corrected chi connectivity index (χ1v) is 7.45. The number of aryl methyl sites for hydroxylation is 2. The van der Waals surface area contributed by atoms with E-state index in [1.54, 1.807) is 0 Å². The molecule has 0 bridgehead atoms. The Morgan fingerprint density at radius 1 is 1.23 bits per heavy atom. The van der Waals surface area contributed by atoms with E-state index in [-0.39, 0.29) is 12.0 Å². The molecule has 1 aromatic heterocycles. The first-order chi connectivity index (χ1) is 10.6. The third-order valence-corrected chi connectivity index (χ3v) is 3.76. The highest BCUT2D eigenvalue weighted by molar-refractivity contribution is 5.94. The van der Waals surface area contributed by atoms with Gasteiger partial charge in [-0.15, -0.1) is 5.10 Å². The number of likely N-dealkylation sites (tertiary alicyclic amines) is 1. The lowest BCUT2D eigenvalue weighted by Gasteiger charge is -2.17. The topological polar surface area (TPSA) is 55.3 Å². The van der Waals surface area contributed by atoms with Crippen molar-refractivity contribution in [1.82, 2.24) is 15.1 Å². The SMILES string of the molecule is Cc1cccc(C(=O)N2CCC(Oc3ccc(C)nn3)C2)c1. The van der Waals surface area contributed by atoms with Crippen molar-refractivity contribution >= 4 is 5.91 Å². The van der Waals surface area contributed by atoms with Crippen molar-refractivity contribution in [2.75, 3.05) is 13.1 Å². The molecular weight excluding hydrogens is 278 g/mol. The van der Waals surface area contributed by atoms with Gasteiger partial charge in [-0.05, 0) is 32.0 Å². The molecule has 1 aliphatic heterocycles. The maximum Gasteiger partial charge on any atom is 0.253 e. The first-order valence-electron chi connectivity index (χ1n) is 7.45. The summed E-state index contributed by atoms with van der Waals surface area (Å²) in [6.07, 6.45) is 0.790. The lowest BCUT2D eigenvalue weighted by molar-refractivity contribution is 0.0771. The summed E-state index contributed by atoms with van der Waals surface area (Å²) in [4.78, 5) is 14.3. The number of hydrogen-bond donors (Lipinski definition) is 0. The van der Waals surface area contributed by atoms with Crippen LogP contribution < -0.4 is 4.74 Å². The van der Waals surface area contributed by atoms with E-state index in [1.807, 2.05) is 55.1 Å². The average Bonchev–Trinajstić information content (AvgIpc) is 2.97. The number of carbonyl (C=O) groups excluding carboxylic acids is 1. The van der Waals surface area contributed by atoms with E-state index in [4.69, 9.17) is 4.74 Å². The third kappa shape index (κ3) is 3.24. The van der Waals surface area contributed by atoms with Crippen LogP contribution in [0.25, 0.3) is 0 Å². The second-order valence-electron chi connectivity index (χ2n) is 5.66. The van der Waals surface area contributed by atoms with Crippen LogP contribution in [0.15, 0.2) is 36.4 Å². The van der Waals surface area contributed by atoms with E-state index >= 15 is 0 Å². The summed E-state index contributed by atoms with van der Waals surface area (Å²) in [5.74, 6) is 0.574. The number of nitrogens with zero attached hydrogens (tertiary/aromatic N) is 3. The number of carbonyl (C=O) groups is 1. The maximum absolute atomic E-state index is 12.5. The Morgan fingerprint density at radius 2 is 2.09 bits per heavy atom. The number of rotatable bonds is 3. The summed E-state index contributed by atoms with van der Waals surface area (Å²) in [5.41, 5.74) is 2.68. The minimum atomic E-state index is -0.0224. The second kappa shape index (κ2) is 6.13. The fourth-order valence-electron chi connectivity index (χ4n) is 2.59. The van der Waals surface area contributed by atoms with Crippen molar-refractivity contribution in [2.24, 2.45) is 0 Å². The fraction of sp³-hybridized carbons (Fsp3) is 0.353. The van der Waals surface area contributed by atoms with Gasteiger partial charge in [0.05, 0.1) is 12.2 Å². The molecule has 1 amide bonds. The van der Waals surface area contributed by atoms with Gasteiger partial charge >= 0.3 is 0 Å². The van der Waals surface area contributed by atoms with Crippen molar-refractivity contribution in [2.45, 2.75) is 26.4 Å². The van der Waals surface area contributed by atoms with Gasteiger partial charge in [-0.25, -0.2) is 0 Å². The Morgan fingerprint density at radius 3 is 2.82 bits per heavy atom. The van der Waals surface area contributed by atoms with Crippen LogP contribution in [0.1, 0.15) is 28.0 Å². The van der Waals surface area contributed by atoms with E-state index in [1.165, 1.54) is 0 Å². The number of benzene rings is 1. The van der Waals surface area contributed by atoms with Gasteiger partial charge in [-0.2, -0.15) is 5.10 Å². The van der Waals surface area contributed by atoms with Crippen LogP contribution in [0.4, 0.5) is 0 Å². The van der Waals surface area contributed by atoms with E-state index in [0.717, 1.165) is 23.2 Å².